The lowest BCUT2D eigenvalue weighted by Crippen LogP contribution is -2.11. The first-order chi connectivity index (χ1) is 17.8. The monoisotopic (exact) mass is 461 g/mol. The van der Waals surface area contributed by atoms with E-state index in [0.29, 0.717) is 0 Å². The van der Waals surface area contributed by atoms with E-state index in [4.69, 9.17) is 4.42 Å². The van der Waals surface area contributed by atoms with Crippen molar-refractivity contribution in [2.75, 3.05) is 4.90 Å². The quantitative estimate of drug-likeness (QED) is 0.259. The molecule has 0 aliphatic heterocycles. The predicted octanol–water partition coefficient (Wildman–Crippen LogP) is 9.88. The van der Waals surface area contributed by atoms with Gasteiger partial charge in [0.25, 0.3) is 0 Å². The van der Waals surface area contributed by atoms with Crippen LogP contribution in [-0.2, 0) is 0 Å². The molecule has 1 heterocycles. The summed E-state index contributed by atoms with van der Waals surface area (Å²) in [7, 11) is 0. The average molecular weight is 462 g/mol. The average Bonchev–Trinajstić information content (AvgIpc) is 3.32. The van der Waals surface area contributed by atoms with E-state index in [1.54, 1.807) is 0 Å². The Hall–Kier alpha value is -4.82. The van der Waals surface area contributed by atoms with Crippen LogP contribution in [0.2, 0.25) is 0 Å². The second-order valence-electron chi connectivity index (χ2n) is 9.03. The fourth-order valence-electron chi connectivity index (χ4n) is 5.12. The minimum Gasteiger partial charge on any atom is -0.456 e. The van der Waals surface area contributed by atoms with E-state index in [-0.39, 0.29) is 0 Å². The van der Waals surface area contributed by atoms with Gasteiger partial charge in [0.2, 0.25) is 0 Å². The highest BCUT2D eigenvalue weighted by molar-refractivity contribution is 6.07. The molecule has 6 aromatic carbocycles. The fourth-order valence-corrected chi connectivity index (χ4v) is 5.12. The Morgan fingerprint density at radius 3 is 1.75 bits per heavy atom. The summed E-state index contributed by atoms with van der Waals surface area (Å²) >= 11 is 0. The summed E-state index contributed by atoms with van der Waals surface area (Å²) in [6.45, 7) is 0. The molecule has 0 amide bonds. The molecule has 36 heavy (non-hydrogen) atoms. The minimum absolute atomic E-state index is 0.902. The summed E-state index contributed by atoms with van der Waals surface area (Å²) < 4.78 is 6.26. The van der Waals surface area contributed by atoms with E-state index in [2.05, 4.69) is 132 Å². The Bertz CT molecular complexity index is 1790. The van der Waals surface area contributed by atoms with E-state index in [0.717, 1.165) is 50.1 Å². The van der Waals surface area contributed by atoms with Crippen molar-refractivity contribution in [1.82, 2.24) is 0 Å². The van der Waals surface area contributed by atoms with Crippen LogP contribution in [0.3, 0.4) is 0 Å². The van der Waals surface area contributed by atoms with Crippen molar-refractivity contribution in [3.05, 3.63) is 140 Å². The third-order valence-corrected chi connectivity index (χ3v) is 6.82. The number of rotatable bonds is 4. The van der Waals surface area contributed by atoms with Crippen molar-refractivity contribution in [1.29, 1.82) is 0 Å². The van der Waals surface area contributed by atoms with Crippen molar-refractivity contribution < 1.29 is 4.42 Å². The zero-order valence-corrected chi connectivity index (χ0v) is 19.6. The maximum Gasteiger partial charge on any atom is 0.136 e. The van der Waals surface area contributed by atoms with Crippen LogP contribution in [0, 0.1) is 0 Å². The number of anilines is 3. The van der Waals surface area contributed by atoms with E-state index >= 15 is 0 Å². The largest absolute Gasteiger partial charge is 0.456 e. The summed E-state index contributed by atoms with van der Waals surface area (Å²) in [6.07, 6.45) is 0. The third-order valence-electron chi connectivity index (χ3n) is 6.82. The number of fused-ring (bicyclic) bond motifs is 4. The first-order valence-electron chi connectivity index (χ1n) is 12.2. The molecule has 0 saturated heterocycles. The number of nitrogens with zero attached hydrogens (tertiary/aromatic N) is 1. The van der Waals surface area contributed by atoms with Gasteiger partial charge in [-0.3, -0.25) is 0 Å². The van der Waals surface area contributed by atoms with Gasteiger partial charge in [-0.05, 0) is 70.9 Å². The molecule has 7 aromatic rings. The Morgan fingerprint density at radius 2 is 1.03 bits per heavy atom. The molecular weight excluding hydrogens is 438 g/mol. The second kappa shape index (κ2) is 8.44. The molecule has 2 nitrogen and oxygen atoms in total. The van der Waals surface area contributed by atoms with Crippen LogP contribution in [0.15, 0.2) is 144 Å². The molecule has 7 rings (SSSR count). The molecule has 0 N–H and O–H groups in total. The van der Waals surface area contributed by atoms with Gasteiger partial charge in [0, 0.05) is 27.7 Å². The van der Waals surface area contributed by atoms with Crippen molar-refractivity contribution in [2.24, 2.45) is 0 Å². The summed E-state index contributed by atoms with van der Waals surface area (Å²) in [5.74, 6) is 0. The van der Waals surface area contributed by atoms with Crippen LogP contribution in [-0.4, -0.2) is 0 Å². The van der Waals surface area contributed by atoms with Gasteiger partial charge in [-0.25, -0.2) is 0 Å². The highest BCUT2D eigenvalue weighted by Crippen LogP contribution is 2.43. The Labute approximate surface area is 209 Å². The van der Waals surface area contributed by atoms with Gasteiger partial charge in [-0.15, -0.1) is 0 Å². The van der Waals surface area contributed by atoms with Crippen molar-refractivity contribution in [3.63, 3.8) is 0 Å². The zero-order chi connectivity index (χ0) is 23.9. The van der Waals surface area contributed by atoms with Crippen molar-refractivity contribution in [2.45, 2.75) is 0 Å². The van der Waals surface area contributed by atoms with Gasteiger partial charge < -0.3 is 9.32 Å². The van der Waals surface area contributed by atoms with Crippen LogP contribution in [0.25, 0.3) is 43.8 Å². The molecule has 0 spiro atoms. The first kappa shape index (κ1) is 20.5. The van der Waals surface area contributed by atoms with Gasteiger partial charge >= 0.3 is 0 Å². The molecule has 2 heteroatoms. The molecule has 1 aromatic heterocycles. The maximum atomic E-state index is 6.26. The molecule has 0 bridgehead atoms. The van der Waals surface area contributed by atoms with Gasteiger partial charge in [-0.2, -0.15) is 0 Å². The van der Waals surface area contributed by atoms with E-state index in [1.807, 2.05) is 12.1 Å². The predicted molar refractivity (Wildman–Crippen MR) is 151 cm³/mol. The molecule has 0 unspecified atom stereocenters. The molecule has 0 radical (unpaired) electrons. The molecule has 0 saturated carbocycles. The van der Waals surface area contributed by atoms with Gasteiger partial charge in [0.15, 0.2) is 0 Å². The van der Waals surface area contributed by atoms with Crippen LogP contribution in [0.5, 0.6) is 0 Å². The van der Waals surface area contributed by atoms with Gasteiger partial charge in [-0.1, -0.05) is 84.9 Å². The molecular formula is C34H23NO. The molecule has 0 fully saturated rings. The van der Waals surface area contributed by atoms with Crippen molar-refractivity contribution >= 4 is 49.8 Å². The standard InChI is InChI=1S/C34H23NO/c1-3-13-27(14-4-1)35(28-15-5-2-6-16-28)32-22-25-12-8-7-11-24(25)21-31(32)26-19-20-30-29-17-9-10-18-33(29)36-34(30)23-26/h1-23H. The number of hydrogen-bond donors (Lipinski definition) is 0. The lowest BCUT2D eigenvalue weighted by Gasteiger charge is -2.28. The third kappa shape index (κ3) is 3.43. The molecule has 0 aliphatic carbocycles. The maximum absolute atomic E-state index is 6.26. The topological polar surface area (TPSA) is 16.4 Å². The number of para-hydroxylation sites is 3. The summed E-state index contributed by atoms with van der Waals surface area (Å²) in [5.41, 5.74) is 7.46. The van der Waals surface area contributed by atoms with Crippen LogP contribution >= 0.6 is 0 Å². The lowest BCUT2D eigenvalue weighted by atomic mass is 9.96. The fraction of sp³-hybridized carbons (Fsp3) is 0. The Kier molecular flexibility index (Phi) is 4.82. The highest BCUT2D eigenvalue weighted by Gasteiger charge is 2.19. The first-order valence-corrected chi connectivity index (χ1v) is 12.2. The van der Waals surface area contributed by atoms with E-state index < -0.39 is 0 Å². The number of furan rings is 1. The number of benzene rings is 6. The van der Waals surface area contributed by atoms with Gasteiger partial charge in [0.05, 0.1) is 5.69 Å². The minimum atomic E-state index is 0.902. The SMILES string of the molecule is c1ccc(N(c2ccccc2)c2cc3ccccc3cc2-c2ccc3c(c2)oc2ccccc23)cc1. The Morgan fingerprint density at radius 1 is 0.444 bits per heavy atom. The van der Waals surface area contributed by atoms with E-state index in [9.17, 15) is 0 Å². The van der Waals surface area contributed by atoms with E-state index in [1.165, 1.54) is 10.8 Å². The summed E-state index contributed by atoms with van der Waals surface area (Å²) in [4.78, 5) is 2.34. The lowest BCUT2D eigenvalue weighted by molar-refractivity contribution is 0.669. The summed E-state index contributed by atoms with van der Waals surface area (Å²) in [6, 6.07) is 49.1. The molecule has 0 aliphatic rings. The molecule has 0 atom stereocenters. The second-order valence-corrected chi connectivity index (χ2v) is 9.03. The summed E-state index contributed by atoms with van der Waals surface area (Å²) in [5, 5.41) is 4.70. The molecule has 170 valence electrons. The Balaban J connectivity index is 1.52. The smallest absolute Gasteiger partial charge is 0.136 e. The highest BCUT2D eigenvalue weighted by atomic mass is 16.3. The normalized spacial score (nSPS) is 11.3. The van der Waals surface area contributed by atoms with Gasteiger partial charge in [0.1, 0.15) is 11.2 Å². The van der Waals surface area contributed by atoms with Crippen LogP contribution in [0.4, 0.5) is 17.1 Å². The zero-order valence-electron chi connectivity index (χ0n) is 19.6. The van der Waals surface area contributed by atoms with Crippen molar-refractivity contribution in [3.8, 4) is 11.1 Å². The van der Waals surface area contributed by atoms with Crippen LogP contribution in [0.1, 0.15) is 0 Å². The van der Waals surface area contributed by atoms with Crippen LogP contribution < -0.4 is 4.90 Å². The number of hydrogen-bond acceptors (Lipinski definition) is 2.